The zero-order valence-electron chi connectivity index (χ0n) is 14.2. The van der Waals surface area contributed by atoms with E-state index in [-0.39, 0.29) is 23.1 Å². The third kappa shape index (κ3) is 3.17. The number of nitrogens with zero attached hydrogens (tertiary/aromatic N) is 5. The Kier molecular flexibility index (Phi) is 4.37. The molecule has 0 aromatic carbocycles. The number of hydrogen-bond donors (Lipinski definition) is 0. The van der Waals surface area contributed by atoms with Gasteiger partial charge in [0.15, 0.2) is 0 Å². The molecular formula is C17H17N5O3S. The monoisotopic (exact) mass is 371 g/mol. The topological polar surface area (TPSA) is 94.1 Å². The smallest absolute Gasteiger partial charge is 0.274 e. The van der Waals surface area contributed by atoms with Gasteiger partial charge in [0, 0.05) is 26.2 Å². The lowest BCUT2D eigenvalue weighted by Crippen LogP contribution is -2.40. The van der Waals surface area contributed by atoms with Crippen LogP contribution in [0, 0.1) is 0 Å². The molecule has 9 heteroatoms. The Hall–Kier alpha value is -2.81. The zero-order chi connectivity index (χ0) is 18.1. The van der Waals surface area contributed by atoms with Crippen molar-refractivity contribution in [1.82, 2.24) is 24.9 Å². The highest BCUT2D eigenvalue weighted by atomic mass is 32.1. The molecule has 134 valence electrons. The molecule has 4 heterocycles. The van der Waals surface area contributed by atoms with Crippen LogP contribution >= 0.6 is 11.3 Å². The van der Waals surface area contributed by atoms with Crippen molar-refractivity contribution < 1.29 is 9.21 Å². The van der Waals surface area contributed by atoms with Gasteiger partial charge in [-0.2, -0.15) is 5.10 Å². The fourth-order valence-electron chi connectivity index (χ4n) is 3.04. The van der Waals surface area contributed by atoms with E-state index in [1.165, 1.54) is 23.9 Å². The SMILES string of the molecule is Cn1nc(C(=O)N2CCCC(c3nnc(-c4cccs4)o3)C2)ccc1=O. The minimum atomic E-state index is -0.245. The Bertz CT molecular complexity index is 978. The van der Waals surface area contributed by atoms with Crippen molar-refractivity contribution in [3.05, 3.63) is 51.6 Å². The predicted octanol–water partition coefficient (Wildman–Crippen LogP) is 1.91. The first-order chi connectivity index (χ1) is 12.6. The first-order valence-electron chi connectivity index (χ1n) is 8.33. The van der Waals surface area contributed by atoms with Gasteiger partial charge in [-0.15, -0.1) is 21.5 Å². The third-order valence-electron chi connectivity index (χ3n) is 4.41. The summed E-state index contributed by atoms with van der Waals surface area (Å²) < 4.78 is 6.99. The maximum absolute atomic E-state index is 12.7. The van der Waals surface area contributed by atoms with Gasteiger partial charge in [-0.3, -0.25) is 9.59 Å². The van der Waals surface area contributed by atoms with Crippen LogP contribution in [0.25, 0.3) is 10.8 Å². The van der Waals surface area contributed by atoms with Crippen molar-refractivity contribution in [1.29, 1.82) is 0 Å². The molecule has 1 aliphatic heterocycles. The summed E-state index contributed by atoms with van der Waals surface area (Å²) in [6.07, 6.45) is 1.73. The summed E-state index contributed by atoms with van der Waals surface area (Å²) in [7, 11) is 1.53. The van der Waals surface area contributed by atoms with Crippen LogP contribution < -0.4 is 5.56 Å². The zero-order valence-corrected chi connectivity index (χ0v) is 15.0. The highest BCUT2D eigenvalue weighted by Gasteiger charge is 2.29. The van der Waals surface area contributed by atoms with E-state index in [0.717, 1.165) is 17.7 Å². The number of aryl methyl sites for hydroxylation is 1. The van der Waals surface area contributed by atoms with Crippen LogP contribution in [0.1, 0.15) is 35.1 Å². The minimum Gasteiger partial charge on any atom is -0.420 e. The molecule has 3 aromatic rings. The lowest BCUT2D eigenvalue weighted by molar-refractivity contribution is 0.0690. The van der Waals surface area contributed by atoms with Crippen molar-refractivity contribution in [2.45, 2.75) is 18.8 Å². The van der Waals surface area contributed by atoms with Gasteiger partial charge in [0.1, 0.15) is 5.69 Å². The molecule has 26 heavy (non-hydrogen) atoms. The summed E-state index contributed by atoms with van der Waals surface area (Å²) in [5, 5.41) is 14.3. The van der Waals surface area contributed by atoms with E-state index >= 15 is 0 Å². The van der Waals surface area contributed by atoms with Gasteiger partial charge in [-0.1, -0.05) is 6.07 Å². The maximum Gasteiger partial charge on any atom is 0.274 e. The quantitative estimate of drug-likeness (QED) is 0.698. The van der Waals surface area contributed by atoms with Crippen LogP contribution in [0.2, 0.25) is 0 Å². The Labute approximate surface area is 153 Å². The fraction of sp³-hybridized carbons (Fsp3) is 0.353. The van der Waals surface area contributed by atoms with Gasteiger partial charge >= 0.3 is 0 Å². The molecule has 4 rings (SSSR count). The number of hydrogen-bond acceptors (Lipinski definition) is 7. The van der Waals surface area contributed by atoms with E-state index in [4.69, 9.17) is 4.42 Å². The Balaban J connectivity index is 1.51. The van der Waals surface area contributed by atoms with E-state index in [2.05, 4.69) is 15.3 Å². The standard InChI is InChI=1S/C17H17N5O3S/c1-21-14(23)7-6-12(20-21)17(24)22-8-2-4-11(10-22)15-18-19-16(25-15)13-5-3-9-26-13/h3,5-7,9,11H,2,4,8,10H2,1H3. The number of piperidine rings is 1. The lowest BCUT2D eigenvalue weighted by atomic mass is 9.98. The molecule has 1 atom stereocenters. The highest BCUT2D eigenvalue weighted by molar-refractivity contribution is 7.13. The molecule has 0 spiro atoms. The molecule has 0 N–H and O–H groups in total. The normalized spacial score (nSPS) is 17.4. The van der Waals surface area contributed by atoms with Crippen molar-refractivity contribution >= 4 is 17.2 Å². The maximum atomic E-state index is 12.7. The summed E-state index contributed by atoms with van der Waals surface area (Å²) in [5.41, 5.74) is 0.0163. The molecule has 8 nitrogen and oxygen atoms in total. The molecular weight excluding hydrogens is 354 g/mol. The molecule has 1 aliphatic rings. The van der Waals surface area contributed by atoms with Gasteiger partial charge < -0.3 is 9.32 Å². The molecule has 0 radical (unpaired) electrons. The van der Waals surface area contributed by atoms with Crippen LogP contribution in [-0.4, -0.2) is 43.9 Å². The number of carbonyl (C=O) groups excluding carboxylic acids is 1. The van der Waals surface area contributed by atoms with E-state index in [9.17, 15) is 9.59 Å². The minimum absolute atomic E-state index is 0.00134. The molecule has 0 saturated carbocycles. The van der Waals surface area contributed by atoms with Crippen molar-refractivity contribution in [3.8, 4) is 10.8 Å². The average molecular weight is 371 g/mol. The van der Waals surface area contributed by atoms with Crippen molar-refractivity contribution in [3.63, 3.8) is 0 Å². The van der Waals surface area contributed by atoms with E-state index in [0.29, 0.717) is 24.9 Å². The van der Waals surface area contributed by atoms with Gasteiger partial charge in [-0.05, 0) is 30.4 Å². The molecule has 1 saturated heterocycles. The van der Waals surface area contributed by atoms with Gasteiger partial charge in [0.2, 0.25) is 5.89 Å². The molecule has 0 bridgehead atoms. The summed E-state index contributed by atoms with van der Waals surface area (Å²) >= 11 is 1.54. The Morgan fingerprint density at radius 2 is 2.19 bits per heavy atom. The second-order valence-electron chi connectivity index (χ2n) is 6.19. The molecule has 3 aromatic heterocycles. The van der Waals surface area contributed by atoms with Crippen LogP contribution in [-0.2, 0) is 7.05 Å². The Morgan fingerprint density at radius 1 is 1.31 bits per heavy atom. The van der Waals surface area contributed by atoms with Gasteiger partial charge in [-0.25, -0.2) is 4.68 Å². The molecule has 1 amide bonds. The van der Waals surface area contributed by atoms with E-state index in [1.54, 1.807) is 16.2 Å². The number of aromatic nitrogens is 4. The van der Waals surface area contributed by atoms with Crippen LogP contribution in [0.4, 0.5) is 0 Å². The first kappa shape index (κ1) is 16.6. The lowest BCUT2D eigenvalue weighted by Gasteiger charge is -2.30. The number of carbonyl (C=O) groups is 1. The molecule has 1 unspecified atom stereocenters. The number of likely N-dealkylation sites (tertiary alicyclic amines) is 1. The second-order valence-corrected chi connectivity index (χ2v) is 7.14. The van der Waals surface area contributed by atoms with Gasteiger partial charge in [0.05, 0.1) is 10.8 Å². The first-order valence-corrected chi connectivity index (χ1v) is 9.20. The average Bonchev–Trinajstić information content (AvgIpc) is 3.35. The van der Waals surface area contributed by atoms with Crippen molar-refractivity contribution in [2.75, 3.05) is 13.1 Å². The number of thiophene rings is 1. The van der Waals surface area contributed by atoms with Crippen LogP contribution in [0.5, 0.6) is 0 Å². The number of rotatable bonds is 3. The second kappa shape index (κ2) is 6.83. The summed E-state index contributed by atoms with van der Waals surface area (Å²) in [6.45, 7) is 1.14. The fourth-order valence-corrected chi connectivity index (χ4v) is 3.69. The van der Waals surface area contributed by atoms with Crippen LogP contribution in [0.3, 0.4) is 0 Å². The molecule has 0 aliphatic carbocycles. The summed E-state index contributed by atoms with van der Waals surface area (Å²) in [6, 6.07) is 6.69. The largest absolute Gasteiger partial charge is 0.420 e. The van der Waals surface area contributed by atoms with E-state index in [1.807, 2.05) is 17.5 Å². The van der Waals surface area contributed by atoms with E-state index < -0.39 is 0 Å². The third-order valence-corrected chi connectivity index (χ3v) is 5.27. The molecule has 1 fully saturated rings. The van der Waals surface area contributed by atoms with Crippen LogP contribution in [0.15, 0.2) is 38.9 Å². The summed E-state index contributed by atoms with van der Waals surface area (Å²) in [4.78, 5) is 26.8. The summed E-state index contributed by atoms with van der Waals surface area (Å²) in [5.74, 6) is 0.877. The highest BCUT2D eigenvalue weighted by Crippen LogP contribution is 2.30. The number of amides is 1. The van der Waals surface area contributed by atoms with Gasteiger partial charge in [0.25, 0.3) is 17.4 Å². The predicted molar refractivity (Wildman–Crippen MR) is 95.0 cm³/mol. The Morgan fingerprint density at radius 3 is 2.96 bits per heavy atom. The van der Waals surface area contributed by atoms with Crippen molar-refractivity contribution in [2.24, 2.45) is 7.05 Å².